The lowest BCUT2D eigenvalue weighted by atomic mass is 9.80. The van der Waals surface area contributed by atoms with E-state index in [1.807, 2.05) is 50.3 Å². The van der Waals surface area contributed by atoms with Crippen LogP contribution in [0, 0.1) is 5.92 Å². The van der Waals surface area contributed by atoms with Crippen LogP contribution in [-0.2, 0) is 4.79 Å². The van der Waals surface area contributed by atoms with Gasteiger partial charge in [0, 0.05) is 0 Å². The lowest BCUT2D eigenvalue weighted by molar-refractivity contribution is -0.145. The van der Waals surface area contributed by atoms with Gasteiger partial charge in [-0.05, 0) is 31.6 Å². The molecular formula is C18H22O4. The van der Waals surface area contributed by atoms with Crippen LogP contribution in [0.5, 0.6) is 11.5 Å². The van der Waals surface area contributed by atoms with Crippen molar-refractivity contribution in [1.29, 1.82) is 0 Å². The summed E-state index contributed by atoms with van der Waals surface area (Å²) in [6.07, 6.45) is 8.56. The lowest BCUT2D eigenvalue weighted by Gasteiger charge is -2.37. The Balaban J connectivity index is 2.38. The summed E-state index contributed by atoms with van der Waals surface area (Å²) >= 11 is 0. The minimum Gasteiger partial charge on any atom is -0.490 e. The van der Waals surface area contributed by atoms with Gasteiger partial charge in [0.15, 0.2) is 11.5 Å². The van der Waals surface area contributed by atoms with Crippen molar-refractivity contribution in [3.63, 3.8) is 0 Å². The molecule has 1 aliphatic carbocycles. The second kappa shape index (κ2) is 7.16. The number of hydrogen-bond acceptors (Lipinski definition) is 3. The van der Waals surface area contributed by atoms with Crippen LogP contribution in [0.25, 0.3) is 0 Å². The van der Waals surface area contributed by atoms with Crippen molar-refractivity contribution < 1.29 is 19.4 Å². The molecule has 0 aromatic heterocycles. The van der Waals surface area contributed by atoms with E-state index in [2.05, 4.69) is 0 Å². The minimum atomic E-state index is -0.886. The molecule has 0 saturated heterocycles. The molecule has 4 nitrogen and oxygen atoms in total. The molecule has 1 N–H and O–H groups in total. The average Bonchev–Trinajstić information content (AvgIpc) is 2.50. The summed E-state index contributed by atoms with van der Waals surface area (Å²) in [6, 6.07) is 7.37. The highest BCUT2D eigenvalue weighted by molar-refractivity contribution is 5.75. The van der Waals surface area contributed by atoms with E-state index in [9.17, 15) is 9.90 Å². The smallest absolute Gasteiger partial charge is 0.314 e. The van der Waals surface area contributed by atoms with Gasteiger partial charge in [0.25, 0.3) is 0 Å². The zero-order chi connectivity index (χ0) is 16.0. The number of hydrogen-bond donors (Lipinski definition) is 1. The predicted octanol–water partition coefficient (Wildman–Crippen LogP) is 3.83. The largest absolute Gasteiger partial charge is 0.490 e. The van der Waals surface area contributed by atoms with Gasteiger partial charge in [-0.15, -0.1) is 0 Å². The first kappa shape index (κ1) is 16.1. The van der Waals surface area contributed by atoms with E-state index in [4.69, 9.17) is 9.47 Å². The quantitative estimate of drug-likeness (QED) is 0.831. The maximum absolute atomic E-state index is 11.6. The molecule has 0 radical (unpaired) electrons. The molecule has 0 bridgehead atoms. The molecular weight excluding hydrogens is 280 g/mol. The summed E-state index contributed by atoms with van der Waals surface area (Å²) in [5, 5.41) is 9.55. The fraction of sp³-hybridized carbons (Fsp3) is 0.389. The number of carboxylic acids is 1. The number of ether oxygens (including phenoxy) is 2. The van der Waals surface area contributed by atoms with Crippen molar-refractivity contribution in [2.75, 3.05) is 6.61 Å². The highest BCUT2D eigenvalue weighted by Crippen LogP contribution is 2.38. The van der Waals surface area contributed by atoms with E-state index in [1.54, 1.807) is 12.2 Å². The van der Waals surface area contributed by atoms with Gasteiger partial charge < -0.3 is 14.6 Å². The molecule has 22 heavy (non-hydrogen) atoms. The van der Waals surface area contributed by atoms with Crippen molar-refractivity contribution in [3.8, 4) is 11.5 Å². The van der Waals surface area contributed by atoms with Crippen molar-refractivity contribution in [3.05, 3.63) is 48.6 Å². The highest BCUT2D eigenvalue weighted by atomic mass is 16.5. The summed E-state index contributed by atoms with van der Waals surface area (Å²) < 4.78 is 11.8. The minimum absolute atomic E-state index is 0.527. The summed E-state index contributed by atoms with van der Waals surface area (Å²) in [7, 11) is 0. The number of aliphatic carboxylic acids is 1. The van der Waals surface area contributed by atoms with Gasteiger partial charge in [-0.2, -0.15) is 0 Å². The summed E-state index contributed by atoms with van der Waals surface area (Å²) in [4.78, 5) is 11.6. The Morgan fingerprint density at radius 2 is 1.95 bits per heavy atom. The molecule has 1 aliphatic rings. The van der Waals surface area contributed by atoms with E-state index in [0.717, 1.165) is 6.42 Å². The van der Waals surface area contributed by atoms with Crippen LogP contribution in [0.4, 0.5) is 0 Å². The van der Waals surface area contributed by atoms with Gasteiger partial charge in [0.05, 0.1) is 6.61 Å². The van der Waals surface area contributed by atoms with Crippen LogP contribution in [0.3, 0.4) is 0 Å². The molecule has 2 atom stereocenters. The first-order valence-corrected chi connectivity index (χ1v) is 7.62. The Labute approximate surface area is 131 Å². The molecule has 1 aromatic carbocycles. The fourth-order valence-corrected chi connectivity index (χ4v) is 2.74. The Morgan fingerprint density at radius 3 is 2.59 bits per heavy atom. The van der Waals surface area contributed by atoms with Crippen molar-refractivity contribution in [2.45, 2.75) is 32.3 Å². The molecule has 0 aliphatic heterocycles. The first-order valence-electron chi connectivity index (χ1n) is 7.62. The number of benzene rings is 1. The molecule has 0 amide bonds. The Kier molecular flexibility index (Phi) is 5.26. The van der Waals surface area contributed by atoms with Crippen LogP contribution in [0.15, 0.2) is 48.6 Å². The third-order valence-corrected chi connectivity index (χ3v) is 3.68. The van der Waals surface area contributed by atoms with Crippen LogP contribution >= 0.6 is 0 Å². The molecule has 0 fully saturated rings. The van der Waals surface area contributed by atoms with Crippen LogP contribution in [0.2, 0.25) is 0 Å². The third kappa shape index (κ3) is 3.32. The van der Waals surface area contributed by atoms with E-state index in [1.165, 1.54) is 0 Å². The van der Waals surface area contributed by atoms with E-state index < -0.39 is 17.5 Å². The van der Waals surface area contributed by atoms with Crippen molar-refractivity contribution in [2.24, 2.45) is 5.92 Å². The van der Waals surface area contributed by atoms with Crippen molar-refractivity contribution in [1.82, 2.24) is 0 Å². The van der Waals surface area contributed by atoms with Gasteiger partial charge in [-0.1, -0.05) is 43.7 Å². The summed E-state index contributed by atoms with van der Waals surface area (Å²) in [5.41, 5.74) is -0.886. The molecule has 2 unspecified atom stereocenters. The number of rotatable bonds is 7. The SMILES string of the molecule is CCCC1(Oc2ccccc2OCC)C=CC=CC1C(=O)O. The van der Waals surface area contributed by atoms with Crippen LogP contribution < -0.4 is 9.47 Å². The predicted molar refractivity (Wildman–Crippen MR) is 85.3 cm³/mol. The Morgan fingerprint density at radius 1 is 1.23 bits per heavy atom. The van der Waals surface area contributed by atoms with Gasteiger partial charge in [0.1, 0.15) is 11.5 Å². The molecule has 118 valence electrons. The molecule has 0 heterocycles. The van der Waals surface area contributed by atoms with E-state index in [-0.39, 0.29) is 0 Å². The maximum atomic E-state index is 11.6. The molecule has 1 aromatic rings. The van der Waals surface area contributed by atoms with Crippen molar-refractivity contribution >= 4 is 5.97 Å². The number of para-hydroxylation sites is 2. The Bertz CT molecular complexity index is 576. The van der Waals surface area contributed by atoms with Gasteiger partial charge in [-0.3, -0.25) is 4.79 Å². The third-order valence-electron chi connectivity index (χ3n) is 3.68. The van der Waals surface area contributed by atoms with Gasteiger partial charge >= 0.3 is 5.97 Å². The van der Waals surface area contributed by atoms with Gasteiger partial charge in [0.2, 0.25) is 0 Å². The molecule has 0 spiro atoms. The number of carbonyl (C=O) groups is 1. The molecule has 2 rings (SSSR count). The van der Waals surface area contributed by atoms with Crippen LogP contribution in [-0.4, -0.2) is 23.3 Å². The van der Waals surface area contributed by atoms with Crippen LogP contribution in [0.1, 0.15) is 26.7 Å². The second-order valence-corrected chi connectivity index (χ2v) is 5.25. The second-order valence-electron chi connectivity index (χ2n) is 5.25. The fourth-order valence-electron chi connectivity index (χ4n) is 2.74. The lowest BCUT2D eigenvalue weighted by Crippen LogP contribution is -2.46. The molecule has 4 heteroatoms. The zero-order valence-electron chi connectivity index (χ0n) is 13.0. The Hall–Kier alpha value is -2.23. The first-order chi connectivity index (χ1) is 10.6. The molecule has 0 saturated carbocycles. The maximum Gasteiger partial charge on any atom is 0.314 e. The normalized spacial score (nSPS) is 23.3. The number of allylic oxidation sites excluding steroid dienone is 2. The highest BCUT2D eigenvalue weighted by Gasteiger charge is 2.43. The van der Waals surface area contributed by atoms with E-state index >= 15 is 0 Å². The van der Waals surface area contributed by atoms with Gasteiger partial charge in [-0.25, -0.2) is 0 Å². The average molecular weight is 302 g/mol. The monoisotopic (exact) mass is 302 g/mol. The number of carboxylic acid groups (broad SMARTS) is 1. The zero-order valence-corrected chi connectivity index (χ0v) is 13.0. The standard InChI is InChI=1S/C18H22O4/c1-3-12-18(13-8-7-9-14(18)17(19)20)22-16-11-6-5-10-15(16)21-4-2/h5-11,13-14H,3-4,12H2,1-2H3,(H,19,20). The van der Waals surface area contributed by atoms with E-state index in [0.29, 0.717) is 24.5 Å². The topological polar surface area (TPSA) is 55.8 Å². The summed E-state index contributed by atoms with van der Waals surface area (Å²) in [6.45, 7) is 4.45. The summed E-state index contributed by atoms with van der Waals surface area (Å²) in [5.74, 6) is -0.397.